The van der Waals surface area contributed by atoms with Gasteiger partial charge in [0.15, 0.2) is 0 Å². The van der Waals surface area contributed by atoms with Crippen molar-refractivity contribution in [3.05, 3.63) is 29.8 Å². The first-order valence-electron chi connectivity index (χ1n) is 8.66. The molecule has 1 atom stereocenters. The molecule has 0 bridgehead atoms. The summed E-state index contributed by atoms with van der Waals surface area (Å²) in [6.07, 6.45) is 1.03. The van der Waals surface area contributed by atoms with E-state index in [0.29, 0.717) is 37.0 Å². The fraction of sp³-hybridized carbons (Fsp3) is 0.611. The fourth-order valence-electron chi connectivity index (χ4n) is 2.87. The molecule has 1 aliphatic heterocycles. The highest BCUT2D eigenvalue weighted by Crippen LogP contribution is 2.23. The second-order valence-corrected chi connectivity index (χ2v) is 8.70. The Morgan fingerprint density at radius 2 is 1.58 bits per heavy atom. The molecule has 134 valence electrons. The molecule has 1 amide bonds. The Morgan fingerprint density at radius 3 is 2.04 bits per heavy atom. The highest BCUT2D eigenvalue weighted by Gasteiger charge is 2.30. The highest BCUT2D eigenvalue weighted by atomic mass is 32.2. The topological polar surface area (TPSA) is 57.7 Å². The maximum absolute atomic E-state index is 12.8. The summed E-state index contributed by atoms with van der Waals surface area (Å²) < 4.78 is 27.0. The van der Waals surface area contributed by atoms with E-state index in [0.717, 1.165) is 12.0 Å². The van der Waals surface area contributed by atoms with Gasteiger partial charge in [0.05, 0.1) is 4.90 Å². The van der Waals surface area contributed by atoms with E-state index >= 15 is 0 Å². The molecule has 0 aliphatic carbocycles. The molecule has 0 spiro atoms. The number of benzene rings is 1. The van der Waals surface area contributed by atoms with E-state index in [9.17, 15) is 13.2 Å². The fourth-order valence-corrected chi connectivity index (χ4v) is 4.29. The van der Waals surface area contributed by atoms with Gasteiger partial charge < -0.3 is 4.90 Å². The van der Waals surface area contributed by atoms with E-state index in [-0.39, 0.29) is 11.8 Å². The van der Waals surface area contributed by atoms with Crippen LogP contribution in [0.3, 0.4) is 0 Å². The maximum atomic E-state index is 12.8. The standard InChI is InChI=1S/C18H28N2O3S/c1-5-15(4)16-6-8-17(9-7-16)24(22,23)20-12-10-19(11-13-20)18(21)14(2)3/h6-9,14-15H,5,10-13H2,1-4H3. The minimum atomic E-state index is -3.49. The van der Waals surface area contributed by atoms with Crippen molar-refractivity contribution in [2.45, 2.75) is 44.9 Å². The van der Waals surface area contributed by atoms with Gasteiger partial charge in [-0.2, -0.15) is 4.31 Å². The molecule has 0 aromatic heterocycles. The number of nitrogens with zero attached hydrogens (tertiary/aromatic N) is 2. The van der Waals surface area contributed by atoms with Crippen molar-refractivity contribution in [1.82, 2.24) is 9.21 Å². The van der Waals surface area contributed by atoms with Crippen molar-refractivity contribution in [3.63, 3.8) is 0 Å². The smallest absolute Gasteiger partial charge is 0.243 e. The normalized spacial score (nSPS) is 18.0. The Kier molecular flexibility index (Phi) is 6.04. The third-order valence-corrected chi connectivity index (χ3v) is 6.66. The van der Waals surface area contributed by atoms with Gasteiger partial charge in [0.2, 0.25) is 15.9 Å². The average molecular weight is 353 g/mol. The number of hydrogen-bond donors (Lipinski definition) is 0. The van der Waals surface area contributed by atoms with Crippen molar-refractivity contribution >= 4 is 15.9 Å². The number of hydrogen-bond acceptors (Lipinski definition) is 3. The molecule has 0 saturated carbocycles. The van der Waals surface area contributed by atoms with Gasteiger partial charge in [0, 0.05) is 32.1 Å². The third-order valence-electron chi connectivity index (χ3n) is 4.74. The molecule has 1 aromatic rings. The molecule has 1 fully saturated rings. The molecule has 6 heteroatoms. The summed E-state index contributed by atoms with van der Waals surface area (Å²) in [6.45, 7) is 9.61. The van der Waals surface area contributed by atoms with E-state index in [4.69, 9.17) is 0 Å². The molecule has 24 heavy (non-hydrogen) atoms. The van der Waals surface area contributed by atoms with E-state index in [1.165, 1.54) is 4.31 Å². The van der Waals surface area contributed by atoms with Gasteiger partial charge in [0.25, 0.3) is 0 Å². The monoisotopic (exact) mass is 352 g/mol. The van der Waals surface area contributed by atoms with Crippen LogP contribution in [0.1, 0.15) is 45.6 Å². The molecule has 5 nitrogen and oxygen atoms in total. The summed E-state index contributed by atoms with van der Waals surface area (Å²) in [5.74, 6) is 0.457. The molecular weight excluding hydrogens is 324 g/mol. The van der Waals surface area contributed by atoms with Gasteiger partial charge in [-0.05, 0) is 30.0 Å². The van der Waals surface area contributed by atoms with Crippen LogP contribution in [0.4, 0.5) is 0 Å². The van der Waals surface area contributed by atoms with Crippen LogP contribution in [0.25, 0.3) is 0 Å². The lowest BCUT2D eigenvalue weighted by Crippen LogP contribution is -2.51. The lowest BCUT2D eigenvalue weighted by molar-refractivity contribution is -0.135. The summed E-state index contributed by atoms with van der Waals surface area (Å²) >= 11 is 0. The van der Waals surface area contributed by atoms with Gasteiger partial charge in [-0.25, -0.2) is 8.42 Å². The first-order valence-corrected chi connectivity index (χ1v) is 10.1. The third kappa shape index (κ3) is 3.98. The first-order chi connectivity index (χ1) is 11.3. The first kappa shape index (κ1) is 18.9. The molecule has 1 aliphatic rings. The predicted octanol–water partition coefficient (Wildman–Crippen LogP) is 2.69. The van der Waals surface area contributed by atoms with Gasteiger partial charge in [-0.15, -0.1) is 0 Å². The van der Waals surface area contributed by atoms with Crippen molar-refractivity contribution in [3.8, 4) is 0 Å². The van der Waals surface area contributed by atoms with Crippen LogP contribution >= 0.6 is 0 Å². The predicted molar refractivity (Wildman–Crippen MR) is 95.3 cm³/mol. The van der Waals surface area contributed by atoms with Crippen molar-refractivity contribution in [2.24, 2.45) is 5.92 Å². The lowest BCUT2D eigenvalue weighted by atomic mass is 9.99. The van der Waals surface area contributed by atoms with Gasteiger partial charge in [0.1, 0.15) is 0 Å². The van der Waals surface area contributed by atoms with Crippen LogP contribution in [-0.2, 0) is 14.8 Å². The molecule has 1 saturated heterocycles. The summed E-state index contributed by atoms with van der Waals surface area (Å²) in [7, 11) is -3.49. The van der Waals surface area contributed by atoms with Gasteiger partial charge in [-0.3, -0.25) is 4.79 Å². The van der Waals surface area contributed by atoms with Crippen LogP contribution in [0, 0.1) is 5.92 Å². The summed E-state index contributed by atoms with van der Waals surface area (Å²) in [6, 6.07) is 7.20. The molecule has 2 rings (SSSR count). The molecule has 0 radical (unpaired) electrons. The largest absolute Gasteiger partial charge is 0.340 e. The zero-order valence-electron chi connectivity index (χ0n) is 15.0. The molecule has 1 heterocycles. The maximum Gasteiger partial charge on any atom is 0.243 e. The summed E-state index contributed by atoms with van der Waals surface area (Å²) in [4.78, 5) is 14.1. The number of carbonyl (C=O) groups is 1. The van der Waals surface area contributed by atoms with Crippen LogP contribution in [0.5, 0.6) is 0 Å². The van der Waals surface area contributed by atoms with E-state index in [1.54, 1.807) is 17.0 Å². The zero-order valence-corrected chi connectivity index (χ0v) is 15.8. The SMILES string of the molecule is CCC(C)c1ccc(S(=O)(=O)N2CCN(C(=O)C(C)C)CC2)cc1. The number of sulfonamides is 1. The van der Waals surface area contributed by atoms with Crippen molar-refractivity contribution in [1.29, 1.82) is 0 Å². The van der Waals surface area contributed by atoms with Crippen molar-refractivity contribution < 1.29 is 13.2 Å². The number of carbonyl (C=O) groups excluding carboxylic acids is 1. The van der Waals surface area contributed by atoms with E-state index in [1.807, 2.05) is 26.0 Å². The Labute approximate surface area is 145 Å². The number of piperazine rings is 1. The molecular formula is C18H28N2O3S. The zero-order chi connectivity index (χ0) is 17.9. The number of amides is 1. The minimum Gasteiger partial charge on any atom is -0.340 e. The Balaban J connectivity index is 2.08. The molecule has 1 unspecified atom stereocenters. The highest BCUT2D eigenvalue weighted by molar-refractivity contribution is 7.89. The van der Waals surface area contributed by atoms with Crippen molar-refractivity contribution in [2.75, 3.05) is 26.2 Å². The average Bonchev–Trinajstić information content (AvgIpc) is 2.60. The van der Waals surface area contributed by atoms with Gasteiger partial charge in [-0.1, -0.05) is 39.8 Å². The summed E-state index contributed by atoms with van der Waals surface area (Å²) in [5.41, 5.74) is 1.16. The van der Waals surface area contributed by atoms with Gasteiger partial charge >= 0.3 is 0 Å². The van der Waals surface area contributed by atoms with Crippen LogP contribution in [0.15, 0.2) is 29.2 Å². The quantitative estimate of drug-likeness (QED) is 0.819. The Morgan fingerprint density at radius 1 is 1.04 bits per heavy atom. The second kappa shape index (κ2) is 7.66. The minimum absolute atomic E-state index is 0.0544. The van der Waals surface area contributed by atoms with Crippen LogP contribution in [-0.4, -0.2) is 49.7 Å². The number of rotatable bonds is 5. The van der Waals surface area contributed by atoms with E-state index < -0.39 is 10.0 Å². The lowest BCUT2D eigenvalue weighted by Gasteiger charge is -2.34. The Hall–Kier alpha value is -1.40. The van der Waals surface area contributed by atoms with E-state index in [2.05, 4.69) is 13.8 Å². The molecule has 0 N–H and O–H groups in total. The molecule has 1 aromatic carbocycles. The summed E-state index contributed by atoms with van der Waals surface area (Å²) in [5, 5.41) is 0. The Bertz CT molecular complexity index is 660. The van der Waals surface area contributed by atoms with Crippen LogP contribution in [0.2, 0.25) is 0 Å². The second-order valence-electron chi connectivity index (χ2n) is 6.76. The van der Waals surface area contributed by atoms with Crippen LogP contribution < -0.4 is 0 Å².